The first-order chi connectivity index (χ1) is 7.52. The fourth-order valence-corrected chi connectivity index (χ4v) is 2.02. The van der Waals surface area contributed by atoms with Gasteiger partial charge in [-0.15, -0.1) is 0 Å². The molecule has 2 aromatic heterocycles. The van der Waals surface area contributed by atoms with Crippen LogP contribution in [0.15, 0.2) is 16.7 Å². The average Bonchev–Trinajstić information content (AvgIpc) is 2.77. The number of rotatable bonds is 2. The van der Waals surface area contributed by atoms with Crippen LogP contribution in [0.5, 0.6) is 0 Å². The van der Waals surface area contributed by atoms with Crippen LogP contribution >= 0.6 is 15.9 Å². The highest BCUT2D eigenvalue weighted by Gasteiger charge is 2.18. The van der Waals surface area contributed by atoms with Crippen LogP contribution in [-0.2, 0) is 7.05 Å². The summed E-state index contributed by atoms with van der Waals surface area (Å²) in [6.07, 6.45) is 1.77. The van der Waals surface area contributed by atoms with Gasteiger partial charge in [-0.3, -0.25) is 4.68 Å². The fourth-order valence-electron chi connectivity index (χ4n) is 1.76. The summed E-state index contributed by atoms with van der Waals surface area (Å²) in [5.41, 5.74) is 7.95. The summed E-state index contributed by atoms with van der Waals surface area (Å²) in [5.74, 6) is 0.645. The number of halogens is 1. The van der Waals surface area contributed by atoms with Crippen LogP contribution in [0.2, 0.25) is 0 Å². The monoisotopic (exact) mass is 283 g/mol. The van der Waals surface area contributed by atoms with E-state index in [0.29, 0.717) is 5.82 Å². The van der Waals surface area contributed by atoms with Crippen molar-refractivity contribution in [1.29, 1.82) is 0 Å². The van der Waals surface area contributed by atoms with Crippen LogP contribution in [0.4, 0.5) is 5.82 Å². The smallest absolute Gasteiger partial charge is 0.137 e. The van der Waals surface area contributed by atoms with Crippen molar-refractivity contribution in [2.75, 3.05) is 5.73 Å². The molecule has 86 valence electrons. The molecule has 2 N–H and O–H groups in total. The lowest BCUT2D eigenvalue weighted by Gasteiger charge is -2.14. The van der Waals surface area contributed by atoms with E-state index in [9.17, 15) is 0 Å². The molecule has 0 amide bonds. The Balaban J connectivity index is 2.45. The number of hydrogen-bond donors (Lipinski definition) is 1. The highest BCUT2D eigenvalue weighted by atomic mass is 79.9. The molecule has 6 heteroatoms. The first-order valence-electron chi connectivity index (χ1n) is 5.00. The second-order valence-electron chi connectivity index (χ2n) is 3.78. The number of nitrogens with two attached hydrogens (primary N) is 1. The molecule has 2 aromatic rings. The van der Waals surface area contributed by atoms with Crippen molar-refractivity contribution in [2.45, 2.75) is 19.9 Å². The molecule has 0 fully saturated rings. The maximum atomic E-state index is 5.98. The van der Waals surface area contributed by atoms with E-state index in [-0.39, 0.29) is 6.04 Å². The Bertz CT molecular complexity index is 513. The Morgan fingerprint density at radius 3 is 2.62 bits per heavy atom. The molecule has 0 aliphatic heterocycles. The van der Waals surface area contributed by atoms with Gasteiger partial charge in [0.05, 0.1) is 21.9 Å². The van der Waals surface area contributed by atoms with E-state index < -0.39 is 0 Å². The maximum Gasteiger partial charge on any atom is 0.137 e. The highest BCUT2D eigenvalue weighted by molar-refractivity contribution is 9.10. The molecule has 5 nitrogen and oxygen atoms in total. The van der Waals surface area contributed by atoms with Crippen LogP contribution < -0.4 is 5.73 Å². The van der Waals surface area contributed by atoms with Gasteiger partial charge in [0.2, 0.25) is 0 Å². The zero-order chi connectivity index (χ0) is 11.9. The molecule has 0 bridgehead atoms. The van der Waals surface area contributed by atoms with E-state index in [2.05, 4.69) is 26.1 Å². The van der Waals surface area contributed by atoms with E-state index in [1.54, 1.807) is 10.9 Å². The molecular formula is C10H14BrN5. The van der Waals surface area contributed by atoms with Gasteiger partial charge < -0.3 is 5.73 Å². The molecule has 2 heterocycles. The minimum atomic E-state index is 0.0671. The highest BCUT2D eigenvalue weighted by Crippen LogP contribution is 2.28. The van der Waals surface area contributed by atoms with E-state index in [1.807, 2.05) is 31.6 Å². The lowest BCUT2D eigenvalue weighted by molar-refractivity contribution is 0.525. The summed E-state index contributed by atoms with van der Waals surface area (Å²) in [5, 5.41) is 8.56. The Morgan fingerprint density at radius 1 is 1.50 bits per heavy atom. The largest absolute Gasteiger partial charge is 0.383 e. The van der Waals surface area contributed by atoms with E-state index in [4.69, 9.17) is 5.73 Å². The first-order valence-corrected chi connectivity index (χ1v) is 5.79. The van der Waals surface area contributed by atoms with Crippen molar-refractivity contribution in [2.24, 2.45) is 7.05 Å². The van der Waals surface area contributed by atoms with Crippen LogP contribution in [0.3, 0.4) is 0 Å². The molecule has 1 unspecified atom stereocenters. The van der Waals surface area contributed by atoms with Gasteiger partial charge in [0, 0.05) is 13.2 Å². The van der Waals surface area contributed by atoms with Crippen LogP contribution in [-0.4, -0.2) is 19.6 Å². The fraction of sp³-hybridized carbons (Fsp3) is 0.400. The molecule has 1 atom stereocenters. The van der Waals surface area contributed by atoms with Crippen molar-refractivity contribution in [3.05, 3.63) is 28.1 Å². The normalized spacial score (nSPS) is 13.0. The molecular weight excluding hydrogens is 270 g/mol. The zero-order valence-corrected chi connectivity index (χ0v) is 11.1. The third kappa shape index (κ3) is 1.63. The predicted octanol–water partition coefficient (Wildman–Crippen LogP) is 1.88. The van der Waals surface area contributed by atoms with Gasteiger partial charge in [0.25, 0.3) is 0 Å². The standard InChI is InChI=1S/C10H14BrN5/c1-6-9(11)10(12)16(14-6)7(2)8-4-5-13-15(8)3/h4-5,7H,12H2,1-3H3. The Hall–Kier alpha value is -1.30. The molecule has 16 heavy (non-hydrogen) atoms. The van der Waals surface area contributed by atoms with Gasteiger partial charge in [-0.1, -0.05) is 0 Å². The second kappa shape index (κ2) is 3.93. The Labute approximate surface area is 102 Å². The van der Waals surface area contributed by atoms with Crippen molar-refractivity contribution in [3.63, 3.8) is 0 Å². The lowest BCUT2D eigenvalue weighted by atomic mass is 10.2. The van der Waals surface area contributed by atoms with Crippen LogP contribution in [0, 0.1) is 6.92 Å². The topological polar surface area (TPSA) is 61.7 Å². The molecule has 0 aliphatic carbocycles. The SMILES string of the molecule is Cc1nn(C(C)c2ccnn2C)c(N)c1Br. The number of hydrogen-bond acceptors (Lipinski definition) is 3. The Morgan fingerprint density at radius 2 is 2.19 bits per heavy atom. The quantitative estimate of drug-likeness (QED) is 0.915. The number of anilines is 1. The first kappa shape index (κ1) is 11.2. The molecule has 0 radical (unpaired) electrons. The van der Waals surface area contributed by atoms with Gasteiger partial charge in [-0.25, -0.2) is 4.68 Å². The minimum Gasteiger partial charge on any atom is -0.383 e. The third-order valence-electron chi connectivity index (χ3n) is 2.70. The lowest BCUT2D eigenvalue weighted by Crippen LogP contribution is -2.14. The number of nitrogens with zero attached hydrogens (tertiary/aromatic N) is 4. The minimum absolute atomic E-state index is 0.0671. The third-order valence-corrected chi connectivity index (χ3v) is 3.68. The van der Waals surface area contributed by atoms with E-state index in [1.165, 1.54) is 0 Å². The molecule has 0 saturated heterocycles. The van der Waals surface area contributed by atoms with Gasteiger partial charge in [-0.05, 0) is 35.8 Å². The van der Waals surface area contributed by atoms with Crippen molar-refractivity contribution >= 4 is 21.7 Å². The maximum absolute atomic E-state index is 5.98. The van der Waals surface area contributed by atoms with E-state index in [0.717, 1.165) is 15.9 Å². The number of nitrogen functional groups attached to an aromatic ring is 1. The van der Waals surface area contributed by atoms with Crippen molar-refractivity contribution < 1.29 is 0 Å². The molecule has 0 aliphatic rings. The predicted molar refractivity (Wildman–Crippen MR) is 66.1 cm³/mol. The zero-order valence-electron chi connectivity index (χ0n) is 9.48. The summed E-state index contributed by atoms with van der Waals surface area (Å²) in [6, 6.07) is 2.03. The molecule has 2 rings (SSSR count). The second-order valence-corrected chi connectivity index (χ2v) is 4.58. The number of aryl methyl sites for hydroxylation is 2. The van der Waals surface area contributed by atoms with Gasteiger partial charge in [0.1, 0.15) is 5.82 Å². The summed E-state index contributed by atoms with van der Waals surface area (Å²) >= 11 is 3.42. The van der Waals surface area contributed by atoms with Crippen molar-refractivity contribution in [3.8, 4) is 0 Å². The molecule has 0 saturated carbocycles. The van der Waals surface area contributed by atoms with Crippen LogP contribution in [0.25, 0.3) is 0 Å². The summed E-state index contributed by atoms with van der Waals surface area (Å²) in [7, 11) is 1.91. The summed E-state index contributed by atoms with van der Waals surface area (Å²) in [4.78, 5) is 0. The van der Waals surface area contributed by atoms with Gasteiger partial charge in [0.15, 0.2) is 0 Å². The Kier molecular flexibility index (Phi) is 2.75. The molecule has 0 aromatic carbocycles. The van der Waals surface area contributed by atoms with Crippen molar-refractivity contribution in [1.82, 2.24) is 19.6 Å². The van der Waals surface area contributed by atoms with Crippen LogP contribution in [0.1, 0.15) is 24.4 Å². The van der Waals surface area contributed by atoms with Gasteiger partial charge >= 0.3 is 0 Å². The summed E-state index contributed by atoms with van der Waals surface area (Å²) < 4.78 is 4.49. The summed E-state index contributed by atoms with van der Waals surface area (Å²) in [6.45, 7) is 3.97. The van der Waals surface area contributed by atoms with Gasteiger partial charge in [-0.2, -0.15) is 10.2 Å². The average molecular weight is 284 g/mol. The van der Waals surface area contributed by atoms with E-state index >= 15 is 0 Å². The molecule has 0 spiro atoms. The number of aromatic nitrogens is 4.